The average molecular weight is 372 g/mol. The first-order valence-electron chi connectivity index (χ1n) is 9.46. The van der Waals surface area contributed by atoms with Crippen LogP contribution in [0.3, 0.4) is 0 Å². The van der Waals surface area contributed by atoms with Crippen molar-refractivity contribution in [3.63, 3.8) is 0 Å². The summed E-state index contributed by atoms with van der Waals surface area (Å²) in [5, 5.41) is 3.10. The second kappa shape index (κ2) is 7.32. The number of hydroxylamine groups is 2. The van der Waals surface area contributed by atoms with Crippen LogP contribution in [0.25, 0.3) is 10.9 Å². The van der Waals surface area contributed by atoms with Gasteiger partial charge in [0.05, 0.1) is 25.2 Å². The molecule has 3 heterocycles. The molecule has 27 heavy (non-hydrogen) atoms. The third-order valence-electron chi connectivity index (χ3n) is 5.48. The summed E-state index contributed by atoms with van der Waals surface area (Å²) in [6.07, 6.45) is 1.24. The third kappa shape index (κ3) is 3.11. The number of aromatic nitrogens is 1. The van der Waals surface area contributed by atoms with Crippen molar-refractivity contribution in [2.75, 3.05) is 19.8 Å². The number of rotatable bonds is 2. The number of carbonyl (C=O) groups excluding carboxylic acids is 2. The lowest BCUT2D eigenvalue weighted by molar-refractivity contribution is -0.197. The van der Waals surface area contributed by atoms with Gasteiger partial charge in [-0.1, -0.05) is 18.2 Å². The topological polar surface area (TPSA) is 70.0 Å². The number of carbonyl (C=O) groups is 2. The minimum absolute atomic E-state index is 0.169. The van der Waals surface area contributed by atoms with Gasteiger partial charge in [-0.15, -0.1) is 0 Å². The van der Waals surface area contributed by atoms with Gasteiger partial charge in [0.1, 0.15) is 0 Å². The van der Waals surface area contributed by atoms with E-state index in [0.717, 1.165) is 24.1 Å². The highest BCUT2D eigenvalue weighted by atomic mass is 16.7. The van der Waals surface area contributed by atoms with E-state index >= 15 is 0 Å². The Kier molecular flexibility index (Phi) is 4.88. The number of fused-ring (bicyclic) bond motifs is 5. The molecule has 7 nitrogen and oxygen atoms in total. The highest BCUT2D eigenvalue weighted by molar-refractivity contribution is 5.87. The zero-order valence-corrected chi connectivity index (χ0v) is 15.6. The molecule has 0 unspecified atom stereocenters. The van der Waals surface area contributed by atoms with Crippen molar-refractivity contribution >= 4 is 23.0 Å². The molecule has 4 rings (SSSR count). The van der Waals surface area contributed by atoms with E-state index in [9.17, 15) is 9.59 Å². The Labute approximate surface area is 157 Å². The maximum Gasteiger partial charge on any atom is 0.516 e. The molecule has 0 saturated carbocycles. The van der Waals surface area contributed by atoms with Gasteiger partial charge in [-0.2, -0.15) is 5.06 Å². The quantitative estimate of drug-likeness (QED) is 0.596. The van der Waals surface area contributed by atoms with Crippen molar-refractivity contribution < 1.29 is 23.9 Å². The second-order valence-corrected chi connectivity index (χ2v) is 6.96. The Balaban J connectivity index is 1.76. The molecule has 2 aromatic rings. The Morgan fingerprint density at radius 2 is 2.11 bits per heavy atom. The van der Waals surface area contributed by atoms with Crippen molar-refractivity contribution in [3.05, 3.63) is 35.5 Å². The summed E-state index contributed by atoms with van der Waals surface area (Å²) >= 11 is 0. The van der Waals surface area contributed by atoms with Crippen LogP contribution >= 0.6 is 0 Å². The summed E-state index contributed by atoms with van der Waals surface area (Å²) in [4.78, 5) is 30.4. The molecule has 1 aromatic carbocycles. The molecule has 1 aromatic heterocycles. The molecule has 2 atom stereocenters. The number of ether oxygens (including phenoxy) is 2. The predicted octanol–water partition coefficient (Wildman–Crippen LogP) is 3.12. The fourth-order valence-electron chi connectivity index (χ4n) is 4.36. The van der Waals surface area contributed by atoms with E-state index in [1.165, 1.54) is 10.9 Å². The number of hydrogen-bond acceptors (Lipinski definition) is 6. The van der Waals surface area contributed by atoms with Crippen molar-refractivity contribution in [2.24, 2.45) is 13.0 Å². The lowest BCUT2D eigenvalue weighted by Gasteiger charge is -2.37. The number of esters is 1. The molecule has 2 aliphatic rings. The summed E-state index contributed by atoms with van der Waals surface area (Å²) in [6, 6.07) is 7.97. The van der Waals surface area contributed by atoms with E-state index in [1.54, 1.807) is 6.92 Å². The van der Waals surface area contributed by atoms with Crippen LogP contribution in [0.2, 0.25) is 0 Å². The monoisotopic (exact) mass is 372 g/mol. The lowest BCUT2D eigenvalue weighted by Crippen LogP contribution is -2.41. The molecule has 144 valence electrons. The zero-order valence-electron chi connectivity index (χ0n) is 15.6. The Hall–Kier alpha value is -2.38. The first kappa shape index (κ1) is 18.0. The van der Waals surface area contributed by atoms with E-state index < -0.39 is 18.0 Å². The molecule has 0 radical (unpaired) electrons. The van der Waals surface area contributed by atoms with Crippen LogP contribution in [0.15, 0.2) is 24.3 Å². The Morgan fingerprint density at radius 1 is 1.30 bits per heavy atom. The smallest absolute Gasteiger partial charge is 0.434 e. The van der Waals surface area contributed by atoms with Gasteiger partial charge < -0.3 is 14.0 Å². The van der Waals surface area contributed by atoms with Gasteiger partial charge in [0, 0.05) is 30.2 Å². The second-order valence-electron chi connectivity index (χ2n) is 6.96. The molecule has 0 bridgehead atoms. The molecular weight excluding hydrogens is 348 g/mol. The summed E-state index contributed by atoms with van der Waals surface area (Å²) in [5.41, 5.74) is 3.44. The Morgan fingerprint density at radius 3 is 2.93 bits per heavy atom. The minimum Gasteiger partial charge on any atom is -0.434 e. The number of aryl methyl sites for hydroxylation is 1. The van der Waals surface area contributed by atoms with E-state index in [2.05, 4.69) is 16.7 Å². The van der Waals surface area contributed by atoms with Crippen LogP contribution < -0.4 is 0 Å². The van der Waals surface area contributed by atoms with Gasteiger partial charge in [-0.25, -0.2) is 4.79 Å². The molecule has 0 spiro atoms. The first-order valence-corrected chi connectivity index (χ1v) is 9.46. The van der Waals surface area contributed by atoms with Gasteiger partial charge in [-0.05, 0) is 37.8 Å². The van der Waals surface area contributed by atoms with Gasteiger partial charge >= 0.3 is 12.1 Å². The largest absolute Gasteiger partial charge is 0.516 e. The van der Waals surface area contributed by atoms with Crippen LogP contribution in [0.1, 0.15) is 37.1 Å². The molecular formula is C20H24N2O5. The summed E-state index contributed by atoms with van der Waals surface area (Å²) in [5.74, 6) is -1.04. The molecule has 1 saturated heterocycles. The molecule has 7 heteroatoms. The van der Waals surface area contributed by atoms with Crippen LogP contribution in [0.5, 0.6) is 0 Å². The molecule has 0 amide bonds. The SMILES string of the molecule is CCOC(=O)OC(=O)[C@@H]1CCCON2CCc3c(n(C)c4ccccc34)[C@H]12. The molecule has 2 aliphatic heterocycles. The van der Waals surface area contributed by atoms with Crippen LogP contribution in [0, 0.1) is 5.92 Å². The lowest BCUT2D eigenvalue weighted by atomic mass is 9.87. The maximum absolute atomic E-state index is 12.8. The fourth-order valence-corrected chi connectivity index (χ4v) is 4.36. The zero-order chi connectivity index (χ0) is 19.0. The van der Waals surface area contributed by atoms with Crippen LogP contribution in [-0.2, 0) is 32.6 Å². The molecule has 0 aliphatic carbocycles. The molecule has 0 N–H and O–H groups in total. The van der Waals surface area contributed by atoms with Gasteiger partial charge in [0.2, 0.25) is 0 Å². The summed E-state index contributed by atoms with van der Waals surface area (Å²) in [6.45, 7) is 3.10. The summed E-state index contributed by atoms with van der Waals surface area (Å²) < 4.78 is 11.9. The average Bonchev–Trinajstić information content (AvgIpc) is 2.81. The van der Waals surface area contributed by atoms with Crippen molar-refractivity contribution in [1.29, 1.82) is 0 Å². The fraction of sp³-hybridized carbons (Fsp3) is 0.500. The van der Waals surface area contributed by atoms with E-state index in [0.29, 0.717) is 19.6 Å². The van der Waals surface area contributed by atoms with E-state index in [1.807, 2.05) is 24.2 Å². The van der Waals surface area contributed by atoms with Crippen LogP contribution in [0.4, 0.5) is 4.79 Å². The predicted molar refractivity (Wildman–Crippen MR) is 97.9 cm³/mol. The highest BCUT2D eigenvalue weighted by Gasteiger charge is 2.43. The number of nitrogens with zero attached hydrogens (tertiary/aromatic N) is 2. The van der Waals surface area contributed by atoms with Crippen molar-refractivity contribution in [3.8, 4) is 0 Å². The van der Waals surface area contributed by atoms with Crippen molar-refractivity contribution in [2.45, 2.75) is 32.2 Å². The Bertz CT molecular complexity index is 875. The number of hydrogen-bond donors (Lipinski definition) is 0. The van der Waals surface area contributed by atoms with Crippen molar-refractivity contribution in [1.82, 2.24) is 9.63 Å². The van der Waals surface area contributed by atoms with Gasteiger partial charge in [0.15, 0.2) is 0 Å². The maximum atomic E-state index is 12.8. The third-order valence-corrected chi connectivity index (χ3v) is 5.48. The summed E-state index contributed by atoms with van der Waals surface area (Å²) in [7, 11) is 2.02. The molecule has 1 fully saturated rings. The number of benzene rings is 1. The standard InChI is InChI=1S/C20H24N2O5/c1-3-25-20(24)27-19(23)15-8-6-12-26-22-11-10-14-13-7-4-5-9-16(13)21(2)17(14)18(15)22/h4-5,7,9,15,18H,3,6,8,10-12H2,1-2H3/t15-,18+/m1/s1. The highest BCUT2D eigenvalue weighted by Crippen LogP contribution is 2.43. The number of para-hydroxylation sites is 1. The van der Waals surface area contributed by atoms with Gasteiger partial charge in [0.25, 0.3) is 0 Å². The van der Waals surface area contributed by atoms with Crippen LogP contribution in [-0.4, -0.2) is 41.5 Å². The van der Waals surface area contributed by atoms with E-state index in [-0.39, 0.29) is 12.6 Å². The minimum atomic E-state index is -0.938. The van der Waals surface area contributed by atoms with E-state index in [4.69, 9.17) is 14.3 Å². The van der Waals surface area contributed by atoms with Gasteiger partial charge in [-0.3, -0.25) is 9.63 Å². The normalized spacial score (nSPS) is 22.6. The first-order chi connectivity index (χ1) is 13.1.